The number of ether oxygens (including phenoxy) is 1. The maximum absolute atomic E-state index is 12.3. The van der Waals surface area contributed by atoms with E-state index in [1.165, 1.54) is 0 Å². The summed E-state index contributed by atoms with van der Waals surface area (Å²) in [6.45, 7) is 0.0977. The zero-order chi connectivity index (χ0) is 24.2. The first kappa shape index (κ1) is 24.2. The Bertz CT molecular complexity index is 1080. The van der Waals surface area contributed by atoms with Crippen molar-refractivity contribution in [1.29, 1.82) is 0 Å². The lowest BCUT2D eigenvalue weighted by molar-refractivity contribution is -0.137. The van der Waals surface area contributed by atoms with Gasteiger partial charge in [-0.25, -0.2) is 9.78 Å². The van der Waals surface area contributed by atoms with Gasteiger partial charge in [0.15, 0.2) is 0 Å². The average Bonchev–Trinajstić information content (AvgIpc) is 2.86. The number of carbonyl (C=O) groups excluding carboxylic acids is 2. The van der Waals surface area contributed by atoms with Gasteiger partial charge in [0.1, 0.15) is 19.0 Å². The van der Waals surface area contributed by atoms with E-state index in [0.717, 1.165) is 11.1 Å². The molecule has 4 N–H and O–H groups in total. The summed E-state index contributed by atoms with van der Waals surface area (Å²) >= 11 is 0. The fourth-order valence-corrected chi connectivity index (χ4v) is 3.20. The lowest BCUT2D eigenvalue weighted by Gasteiger charge is -2.18. The third-order valence-electron chi connectivity index (χ3n) is 4.83. The maximum Gasteiger partial charge on any atom is 0.407 e. The van der Waals surface area contributed by atoms with Crippen LogP contribution in [0.5, 0.6) is 0 Å². The highest BCUT2D eigenvalue weighted by Gasteiger charge is 2.19. The van der Waals surface area contributed by atoms with Gasteiger partial charge in [-0.3, -0.25) is 9.59 Å². The minimum Gasteiger partial charge on any atom is -0.481 e. The van der Waals surface area contributed by atoms with Crippen LogP contribution < -0.4 is 16.0 Å². The summed E-state index contributed by atoms with van der Waals surface area (Å²) in [6.07, 6.45) is 0.601. The second-order valence-corrected chi connectivity index (χ2v) is 7.34. The molecule has 1 unspecified atom stereocenters. The van der Waals surface area contributed by atoms with Crippen LogP contribution >= 0.6 is 0 Å². The highest BCUT2D eigenvalue weighted by Crippen LogP contribution is 2.23. The number of hydrogen-bond acceptors (Lipinski definition) is 6. The minimum atomic E-state index is -1.05. The first-order chi connectivity index (χ1) is 16.5. The van der Waals surface area contributed by atoms with E-state index < -0.39 is 24.0 Å². The Kier molecular flexibility index (Phi) is 8.98. The van der Waals surface area contributed by atoms with Crippen LogP contribution in [-0.2, 0) is 14.3 Å². The van der Waals surface area contributed by atoms with Crippen molar-refractivity contribution in [3.05, 3.63) is 84.6 Å². The number of rotatable bonds is 11. The number of aliphatic carboxylic acids is 1. The monoisotopic (exact) mass is 462 g/mol. The Morgan fingerprint density at radius 3 is 2.29 bits per heavy atom. The van der Waals surface area contributed by atoms with Crippen molar-refractivity contribution >= 4 is 23.8 Å². The minimum absolute atomic E-state index is 0.0828. The zero-order valence-corrected chi connectivity index (χ0v) is 18.4. The third kappa shape index (κ3) is 7.94. The number of carbonyl (C=O) groups is 3. The number of carboxylic acids is 1. The second kappa shape index (κ2) is 12.6. The van der Waals surface area contributed by atoms with Gasteiger partial charge >= 0.3 is 12.1 Å². The van der Waals surface area contributed by atoms with Crippen LogP contribution in [0.4, 0.5) is 10.6 Å². The number of nitrogens with zero attached hydrogens (tertiary/aromatic N) is 1. The summed E-state index contributed by atoms with van der Waals surface area (Å²) in [7, 11) is 0. The molecule has 0 aliphatic rings. The standard InChI is InChI=1S/C25H26N4O5/c30-23(17-28-25(33)34-15-14-27-22-8-4-5-13-26-22)29-21(16-24(31)32)20-11-9-19(10-12-20)18-6-2-1-3-7-18/h1-13,21H,14-17H2,(H,26,27)(H,28,33)(H,29,30)(H,31,32). The molecule has 2 amide bonds. The van der Waals surface area contributed by atoms with E-state index in [1.807, 2.05) is 48.5 Å². The zero-order valence-electron chi connectivity index (χ0n) is 18.4. The molecule has 0 fully saturated rings. The Labute approximate surface area is 197 Å². The van der Waals surface area contributed by atoms with Crippen LogP contribution in [0.1, 0.15) is 18.0 Å². The first-order valence-electron chi connectivity index (χ1n) is 10.7. The molecule has 9 nitrogen and oxygen atoms in total. The van der Waals surface area contributed by atoms with E-state index in [4.69, 9.17) is 4.74 Å². The van der Waals surface area contributed by atoms with Crippen LogP contribution in [0.2, 0.25) is 0 Å². The van der Waals surface area contributed by atoms with E-state index in [0.29, 0.717) is 17.9 Å². The van der Waals surface area contributed by atoms with Gasteiger partial charge < -0.3 is 25.8 Å². The van der Waals surface area contributed by atoms with Crippen molar-refractivity contribution in [2.75, 3.05) is 25.0 Å². The highest BCUT2D eigenvalue weighted by atomic mass is 16.5. The number of alkyl carbamates (subject to hydrolysis) is 1. The van der Waals surface area contributed by atoms with Crippen molar-refractivity contribution < 1.29 is 24.2 Å². The largest absolute Gasteiger partial charge is 0.481 e. The number of nitrogens with one attached hydrogen (secondary N) is 3. The lowest BCUT2D eigenvalue weighted by Crippen LogP contribution is -2.39. The summed E-state index contributed by atoms with van der Waals surface area (Å²) in [5.41, 5.74) is 2.66. The fraction of sp³-hybridized carbons (Fsp3) is 0.200. The number of aromatic nitrogens is 1. The number of benzene rings is 2. The average molecular weight is 463 g/mol. The van der Waals surface area contributed by atoms with Crippen LogP contribution in [0.15, 0.2) is 79.0 Å². The fourth-order valence-electron chi connectivity index (χ4n) is 3.20. The molecule has 1 aromatic heterocycles. The summed E-state index contributed by atoms with van der Waals surface area (Å²) in [4.78, 5) is 39.5. The predicted molar refractivity (Wildman–Crippen MR) is 127 cm³/mol. The van der Waals surface area contributed by atoms with Crippen molar-refractivity contribution in [3.63, 3.8) is 0 Å². The molecule has 0 aliphatic carbocycles. The van der Waals surface area contributed by atoms with Crippen LogP contribution in [0.25, 0.3) is 11.1 Å². The van der Waals surface area contributed by atoms with Gasteiger partial charge in [-0.2, -0.15) is 0 Å². The second-order valence-electron chi connectivity index (χ2n) is 7.34. The first-order valence-corrected chi connectivity index (χ1v) is 10.7. The van der Waals surface area contributed by atoms with E-state index in [9.17, 15) is 19.5 Å². The van der Waals surface area contributed by atoms with Crippen LogP contribution in [0, 0.1) is 0 Å². The van der Waals surface area contributed by atoms with Gasteiger partial charge in [0.2, 0.25) is 5.91 Å². The molecular formula is C25H26N4O5. The number of hydrogen-bond donors (Lipinski definition) is 4. The lowest BCUT2D eigenvalue weighted by atomic mass is 9.99. The quantitative estimate of drug-likeness (QED) is 0.322. The molecule has 34 heavy (non-hydrogen) atoms. The molecule has 3 aromatic rings. The van der Waals surface area contributed by atoms with Crippen molar-refractivity contribution in [3.8, 4) is 11.1 Å². The molecule has 0 saturated heterocycles. The third-order valence-corrected chi connectivity index (χ3v) is 4.83. The van der Waals surface area contributed by atoms with Gasteiger partial charge in [0, 0.05) is 6.20 Å². The van der Waals surface area contributed by atoms with Gasteiger partial charge in [0.05, 0.1) is 19.0 Å². The Morgan fingerprint density at radius 1 is 0.912 bits per heavy atom. The van der Waals surface area contributed by atoms with E-state index in [2.05, 4.69) is 20.9 Å². The Hall–Kier alpha value is -4.40. The Morgan fingerprint density at radius 2 is 1.62 bits per heavy atom. The SMILES string of the molecule is O=C(O)CC(NC(=O)CNC(=O)OCCNc1ccccn1)c1ccc(-c2ccccc2)cc1. The van der Waals surface area contributed by atoms with E-state index in [1.54, 1.807) is 30.5 Å². The van der Waals surface area contributed by atoms with Crippen molar-refractivity contribution in [2.45, 2.75) is 12.5 Å². The van der Waals surface area contributed by atoms with Gasteiger partial charge in [-0.1, -0.05) is 60.7 Å². The maximum atomic E-state index is 12.3. The summed E-state index contributed by atoms with van der Waals surface area (Å²) in [5.74, 6) is -0.917. The molecule has 1 heterocycles. The molecule has 0 radical (unpaired) electrons. The van der Waals surface area contributed by atoms with Crippen molar-refractivity contribution in [1.82, 2.24) is 15.6 Å². The van der Waals surface area contributed by atoms with Gasteiger partial charge in [0.25, 0.3) is 0 Å². The van der Waals surface area contributed by atoms with E-state index in [-0.39, 0.29) is 19.6 Å². The molecule has 3 rings (SSSR count). The molecule has 2 aromatic carbocycles. The summed E-state index contributed by atoms with van der Waals surface area (Å²) in [6, 6.07) is 21.7. The molecule has 176 valence electrons. The van der Waals surface area contributed by atoms with E-state index >= 15 is 0 Å². The highest BCUT2D eigenvalue weighted by molar-refractivity contribution is 5.83. The molecule has 0 bridgehead atoms. The molecule has 0 spiro atoms. The van der Waals surface area contributed by atoms with Crippen LogP contribution in [-0.4, -0.2) is 47.8 Å². The summed E-state index contributed by atoms with van der Waals surface area (Å²) < 4.78 is 5.01. The van der Waals surface area contributed by atoms with Crippen LogP contribution in [0.3, 0.4) is 0 Å². The smallest absolute Gasteiger partial charge is 0.407 e. The topological polar surface area (TPSA) is 130 Å². The van der Waals surface area contributed by atoms with Gasteiger partial charge in [-0.15, -0.1) is 0 Å². The number of carboxylic acid groups (broad SMARTS) is 1. The van der Waals surface area contributed by atoms with Gasteiger partial charge in [-0.05, 0) is 28.8 Å². The number of pyridine rings is 1. The number of amides is 2. The predicted octanol–water partition coefficient (Wildman–Crippen LogP) is 3.22. The molecular weight excluding hydrogens is 436 g/mol. The molecule has 0 saturated carbocycles. The molecule has 1 atom stereocenters. The summed E-state index contributed by atoms with van der Waals surface area (Å²) in [5, 5.41) is 17.3. The normalized spacial score (nSPS) is 11.2. The molecule has 9 heteroatoms. The Balaban J connectivity index is 1.46. The van der Waals surface area contributed by atoms with Crippen molar-refractivity contribution in [2.24, 2.45) is 0 Å². The molecule has 0 aliphatic heterocycles. The number of anilines is 1.